The van der Waals surface area contributed by atoms with Crippen LogP contribution < -0.4 is 5.32 Å². The van der Waals surface area contributed by atoms with Crippen LogP contribution in [0.5, 0.6) is 0 Å². The number of rotatable bonds is 5. The summed E-state index contributed by atoms with van der Waals surface area (Å²) in [5.41, 5.74) is 0. The molecule has 1 aromatic rings. The third-order valence-electron chi connectivity index (χ3n) is 1.46. The molecular formula is C8H11Cl2N3O. The Hall–Kier alpha value is -0.580. The van der Waals surface area contributed by atoms with Gasteiger partial charge < -0.3 is 10.1 Å². The van der Waals surface area contributed by atoms with E-state index in [0.29, 0.717) is 30.6 Å². The van der Waals surface area contributed by atoms with Gasteiger partial charge in [-0.2, -0.15) is 4.98 Å². The molecule has 0 aliphatic heterocycles. The van der Waals surface area contributed by atoms with E-state index in [9.17, 15) is 0 Å². The number of halogens is 2. The third-order valence-corrected chi connectivity index (χ3v) is 1.92. The standard InChI is InChI=1S/C8H11Cl2N3O/c1-2-14-4-3-11-7-6(9)5-12-8(10)13-7/h5H,2-4H2,1H3,(H,11,12,13). The average molecular weight is 236 g/mol. The quantitative estimate of drug-likeness (QED) is 0.629. The predicted molar refractivity (Wildman–Crippen MR) is 57.0 cm³/mol. The maximum atomic E-state index is 5.82. The van der Waals surface area contributed by atoms with E-state index in [1.807, 2.05) is 6.92 Å². The van der Waals surface area contributed by atoms with Gasteiger partial charge in [0, 0.05) is 13.2 Å². The lowest BCUT2D eigenvalue weighted by molar-refractivity contribution is 0.158. The first kappa shape index (κ1) is 11.5. The van der Waals surface area contributed by atoms with E-state index in [2.05, 4.69) is 15.3 Å². The maximum absolute atomic E-state index is 5.82. The molecule has 0 aliphatic carbocycles. The van der Waals surface area contributed by atoms with E-state index >= 15 is 0 Å². The van der Waals surface area contributed by atoms with Crippen molar-refractivity contribution in [3.05, 3.63) is 16.5 Å². The molecule has 14 heavy (non-hydrogen) atoms. The third kappa shape index (κ3) is 3.65. The second-order valence-electron chi connectivity index (χ2n) is 2.46. The van der Waals surface area contributed by atoms with Crippen LogP contribution in [0.25, 0.3) is 0 Å². The van der Waals surface area contributed by atoms with Crippen LogP contribution in [-0.4, -0.2) is 29.7 Å². The second kappa shape index (κ2) is 6.01. The van der Waals surface area contributed by atoms with Crippen LogP contribution in [0.4, 0.5) is 5.82 Å². The lowest BCUT2D eigenvalue weighted by atomic mass is 10.5. The van der Waals surface area contributed by atoms with Crippen LogP contribution in [0.2, 0.25) is 10.3 Å². The molecule has 0 aromatic carbocycles. The van der Waals surface area contributed by atoms with Gasteiger partial charge in [-0.1, -0.05) is 11.6 Å². The van der Waals surface area contributed by atoms with Crippen molar-refractivity contribution in [2.75, 3.05) is 25.1 Å². The highest BCUT2D eigenvalue weighted by Gasteiger charge is 2.02. The molecule has 0 fully saturated rings. The van der Waals surface area contributed by atoms with E-state index in [-0.39, 0.29) is 5.28 Å². The molecule has 0 amide bonds. The molecule has 0 radical (unpaired) electrons. The number of anilines is 1. The molecular weight excluding hydrogens is 225 g/mol. The van der Waals surface area contributed by atoms with Crippen LogP contribution in [0.15, 0.2) is 6.20 Å². The van der Waals surface area contributed by atoms with Crippen molar-refractivity contribution >= 4 is 29.0 Å². The zero-order valence-corrected chi connectivity index (χ0v) is 9.27. The van der Waals surface area contributed by atoms with Crippen molar-refractivity contribution < 1.29 is 4.74 Å². The molecule has 78 valence electrons. The number of ether oxygens (including phenoxy) is 1. The van der Waals surface area contributed by atoms with Crippen LogP contribution in [0.1, 0.15) is 6.92 Å². The molecule has 6 heteroatoms. The highest BCUT2D eigenvalue weighted by atomic mass is 35.5. The molecule has 0 atom stereocenters. The van der Waals surface area contributed by atoms with Gasteiger partial charge in [-0.25, -0.2) is 4.98 Å². The van der Waals surface area contributed by atoms with Crippen molar-refractivity contribution in [1.82, 2.24) is 9.97 Å². The summed E-state index contributed by atoms with van der Waals surface area (Å²) in [6.07, 6.45) is 1.46. The summed E-state index contributed by atoms with van der Waals surface area (Å²) in [6.45, 7) is 3.88. The van der Waals surface area contributed by atoms with Gasteiger partial charge in [-0.15, -0.1) is 0 Å². The van der Waals surface area contributed by atoms with Crippen molar-refractivity contribution in [3.8, 4) is 0 Å². The van der Waals surface area contributed by atoms with Crippen molar-refractivity contribution in [1.29, 1.82) is 0 Å². The number of hydrogen-bond donors (Lipinski definition) is 1. The zero-order chi connectivity index (χ0) is 10.4. The number of nitrogens with one attached hydrogen (secondary N) is 1. The fourth-order valence-corrected chi connectivity index (χ4v) is 1.15. The highest BCUT2D eigenvalue weighted by molar-refractivity contribution is 6.33. The summed E-state index contributed by atoms with van der Waals surface area (Å²) >= 11 is 11.4. The summed E-state index contributed by atoms with van der Waals surface area (Å²) in [5, 5.41) is 3.62. The summed E-state index contributed by atoms with van der Waals surface area (Å²) in [5.74, 6) is 0.534. The average Bonchev–Trinajstić information content (AvgIpc) is 2.18. The SMILES string of the molecule is CCOCCNc1nc(Cl)ncc1Cl. The minimum absolute atomic E-state index is 0.174. The molecule has 0 saturated carbocycles. The Balaban J connectivity index is 2.45. The van der Waals surface area contributed by atoms with Crippen molar-refractivity contribution in [3.63, 3.8) is 0 Å². The Morgan fingerprint density at radius 2 is 2.29 bits per heavy atom. The normalized spacial score (nSPS) is 10.2. The molecule has 0 unspecified atom stereocenters. The lowest BCUT2D eigenvalue weighted by Gasteiger charge is -2.06. The van der Waals surface area contributed by atoms with E-state index in [0.717, 1.165) is 0 Å². The van der Waals surface area contributed by atoms with Crippen molar-refractivity contribution in [2.45, 2.75) is 6.92 Å². The van der Waals surface area contributed by atoms with Gasteiger partial charge in [0.05, 0.1) is 12.8 Å². The molecule has 1 rings (SSSR count). The Bertz CT molecular complexity index is 296. The van der Waals surface area contributed by atoms with Gasteiger partial charge in [-0.3, -0.25) is 0 Å². The summed E-state index contributed by atoms with van der Waals surface area (Å²) in [4.78, 5) is 7.66. The molecule has 0 saturated heterocycles. The first-order valence-electron chi connectivity index (χ1n) is 4.23. The molecule has 1 N–H and O–H groups in total. The van der Waals surface area contributed by atoms with Gasteiger partial charge >= 0.3 is 0 Å². The van der Waals surface area contributed by atoms with Crippen molar-refractivity contribution in [2.24, 2.45) is 0 Å². The summed E-state index contributed by atoms with van der Waals surface area (Å²) < 4.78 is 5.14. The second-order valence-corrected chi connectivity index (χ2v) is 3.20. The molecule has 0 spiro atoms. The monoisotopic (exact) mass is 235 g/mol. The molecule has 1 aromatic heterocycles. The largest absolute Gasteiger partial charge is 0.380 e. The van der Waals surface area contributed by atoms with Gasteiger partial charge in [0.2, 0.25) is 5.28 Å². The fourth-order valence-electron chi connectivity index (χ4n) is 0.856. The maximum Gasteiger partial charge on any atom is 0.224 e. The Kier molecular flexibility index (Phi) is 4.93. The smallest absolute Gasteiger partial charge is 0.224 e. The summed E-state index contributed by atoms with van der Waals surface area (Å²) in [7, 11) is 0. The number of aromatic nitrogens is 2. The predicted octanol–water partition coefficient (Wildman–Crippen LogP) is 2.23. The first-order valence-corrected chi connectivity index (χ1v) is 4.99. The van der Waals surface area contributed by atoms with Gasteiger partial charge in [-0.05, 0) is 18.5 Å². The fraction of sp³-hybridized carbons (Fsp3) is 0.500. The highest BCUT2D eigenvalue weighted by Crippen LogP contribution is 2.18. The minimum atomic E-state index is 0.174. The van der Waals surface area contributed by atoms with Crippen LogP contribution in [-0.2, 0) is 4.74 Å². The minimum Gasteiger partial charge on any atom is -0.380 e. The van der Waals surface area contributed by atoms with E-state index in [4.69, 9.17) is 27.9 Å². The van der Waals surface area contributed by atoms with Gasteiger partial charge in [0.25, 0.3) is 0 Å². The molecule has 0 bridgehead atoms. The Morgan fingerprint density at radius 3 is 3.00 bits per heavy atom. The zero-order valence-electron chi connectivity index (χ0n) is 7.76. The number of hydrogen-bond acceptors (Lipinski definition) is 4. The van der Waals surface area contributed by atoms with Crippen LogP contribution in [0.3, 0.4) is 0 Å². The van der Waals surface area contributed by atoms with E-state index in [1.165, 1.54) is 6.20 Å². The summed E-state index contributed by atoms with van der Waals surface area (Å²) in [6, 6.07) is 0. The van der Waals surface area contributed by atoms with Crippen LogP contribution >= 0.6 is 23.2 Å². The van der Waals surface area contributed by atoms with Gasteiger partial charge in [0.15, 0.2) is 0 Å². The van der Waals surface area contributed by atoms with E-state index in [1.54, 1.807) is 0 Å². The van der Waals surface area contributed by atoms with E-state index < -0.39 is 0 Å². The lowest BCUT2D eigenvalue weighted by Crippen LogP contribution is -2.10. The first-order chi connectivity index (χ1) is 6.74. The van der Waals surface area contributed by atoms with Gasteiger partial charge in [0.1, 0.15) is 10.8 Å². The Morgan fingerprint density at radius 1 is 1.50 bits per heavy atom. The molecule has 0 aliphatic rings. The topological polar surface area (TPSA) is 47.0 Å². The molecule has 1 heterocycles. The molecule has 4 nitrogen and oxygen atoms in total. The Labute approximate surface area is 92.6 Å². The van der Waals surface area contributed by atoms with Crippen LogP contribution in [0, 0.1) is 0 Å². The number of nitrogens with zero attached hydrogens (tertiary/aromatic N) is 2.